The summed E-state index contributed by atoms with van der Waals surface area (Å²) in [6, 6.07) is 24.4. The number of nitrogens with zero attached hydrogens (tertiary/aromatic N) is 2. The Morgan fingerprint density at radius 2 is 0.592 bits per heavy atom. The van der Waals surface area contributed by atoms with Crippen molar-refractivity contribution in [3.63, 3.8) is 0 Å². The Labute approximate surface area is 609 Å². The zero-order chi connectivity index (χ0) is 67.4. The Morgan fingerprint density at radius 3 is 0.857 bits per heavy atom. The maximum atomic E-state index is 12.4. The molecule has 510 valence electrons. The van der Waals surface area contributed by atoms with Gasteiger partial charge in [-0.25, -0.2) is 9.97 Å². The second kappa shape index (κ2) is 46.3. The first kappa shape index (κ1) is 80.8. The van der Waals surface area contributed by atoms with Gasteiger partial charge in [-0.05, 0) is 185 Å². The van der Waals surface area contributed by atoms with Crippen molar-refractivity contribution >= 4 is 79.2 Å². The Morgan fingerprint density at radius 1 is 0.337 bits per heavy atom. The third kappa shape index (κ3) is 29.2. The molecule has 12 nitrogen and oxygen atoms in total. The van der Waals surface area contributed by atoms with Crippen molar-refractivity contribution in [2.24, 2.45) is 0 Å². The third-order valence-corrected chi connectivity index (χ3v) is 16.5. The van der Waals surface area contributed by atoms with Crippen molar-refractivity contribution in [2.45, 2.75) is 182 Å². The number of amides is 4. The van der Waals surface area contributed by atoms with Gasteiger partial charge in [0.25, 0.3) is 0 Å². The van der Waals surface area contributed by atoms with E-state index in [9.17, 15) is 19.2 Å². The van der Waals surface area contributed by atoms with Crippen LogP contribution < -0.4 is 30.7 Å². The van der Waals surface area contributed by atoms with Gasteiger partial charge in [0, 0.05) is 72.9 Å². The Hall–Kier alpha value is -6.14. The van der Waals surface area contributed by atoms with Crippen LogP contribution in [0.15, 0.2) is 72.8 Å². The summed E-state index contributed by atoms with van der Waals surface area (Å²) in [6.45, 7) is 9.52. The summed E-state index contributed by atoms with van der Waals surface area (Å²) < 4.78 is 11.8. The number of hydrogen-bond donors (Lipinski definition) is 4. The van der Waals surface area contributed by atoms with E-state index >= 15 is 0 Å². The number of hydrogen-bond acceptors (Lipinski definition) is 8. The molecule has 0 saturated heterocycles. The molecule has 10 rings (SSSR count). The quantitative estimate of drug-likeness (QED) is 0.0134. The molecule has 98 heavy (non-hydrogen) atoms. The average molecular weight is 1400 g/mol. The van der Waals surface area contributed by atoms with Crippen LogP contribution in [-0.4, -0.2) is 46.8 Å². The fraction of sp³-hybridized carbons (Fsp3) is 0.357. The van der Waals surface area contributed by atoms with Crippen molar-refractivity contribution in [3.05, 3.63) is 210 Å². The van der Waals surface area contributed by atoms with E-state index in [1.807, 2.05) is 103 Å². The number of pyridine rings is 2. The van der Waals surface area contributed by atoms with Crippen molar-refractivity contribution in [1.82, 2.24) is 9.97 Å². The monoisotopic (exact) mass is 1400 g/mol. The second-order valence-corrected chi connectivity index (χ2v) is 24.7. The molecule has 4 aliphatic rings. The summed E-state index contributed by atoms with van der Waals surface area (Å²) >= 11 is 0. The number of aromatic nitrogens is 2. The molecule has 6 aromatic rings. The molecule has 2 aromatic heterocycles. The first-order valence-corrected chi connectivity index (χ1v) is 35.1. The predicted molar refractivity (Wildman–Crippen MR) is 393 cm³/mol. The number of benzene rings is 4. The van der Waals surface area contributed by atoms with Crippen LogP contribution in [0.2, 0.25) is 0 Å². The van der Waals surface area contributed by atoms with Gasteiger partial charge in [-0.15, -0.1) is 0 Å². The number of carbonyl (C=O) groups is 4. The van der Waals surface area contributed by atoms with Crippen molar-refractivity contribution in [2.75, 3.05) is 34.5 Å². The third-order valence-electron chi connectivity index (χ3n) is 16.5. The summed E-state index contributed by atoms with van der Waals surface area (Å²) in [5.41, 5.74) is 2.09. The van der Waals surface area contributed by atoms with Gasteiger partial charge in [-0.3, -0.25) is 19.2 Å². The van der Waals surface area contributed by atoms with Crippen LogP contribution in [0.4, 0.5) is 23.3 Å². The summed E-state index contributed by atoms with van der Waals surface area (Å²) in [7, 11) is 0. The van der Waals surface area contributed by atoms with E-state index < -0.39 is 0 Å². The molecule has 0 bridgehead atoms. The van der Waals surface area contributed by atoms with Crippen molar-refractivity contribution < 1.29 is 62.8 Å². The molecule has 4 saturated carbocycles. The van der Waals surface area contributed by atoms with E-state index in [1.165, 1.54) is 83.7 Å². The first-order chi connectivity index (χ1) is 47.0. The molecule has 0 spiro atoms. The first-order valence-electron chi connectivity index (χ1n) is 35.1. The number of nitrogens with one attached hydrogen (secondary N) is 4. The number of unbranched alkanes of at least 4 members (excludes halogenated alkanes) is 16. The maximum absolute atomic E-state index is 12.4. The van der Waals surface area contributed by atoms with E-state index in [0.717, 1.165) is 112 Å². The molecule has 4 aromatic carbocycles. The molecule has 4 amide bonds. The van der Waals surface area contributed by atoms with Crippen LogP contribution in [0.25, 0.3) is 32.3 Å². The molecule has 14 heteroatoms. The smallest absolute Gasteiger partial charge is 0.493 e. The SMILES string of the molecule is C(#Cc1cc2ccc3cc(C#C[C]4[CH][CH][CH][CH]4)cc4ccc(c1)c2c34)[C]1[CH][CH][CH][CH]1.CCCCCCCC(=O)Nc1cc(OC[C]2[CH][CH][CH][CH]2)cc(NC(=O)CCCCCCC)n1.CCCCCCCC(=O)Nc1cc(OC[C]2[CH][CH][CH][CH]2)cc(NC(=O)CCCCCCC)n1.[Fe+2].[Fe+2]. The molecule has 0 aliphatic heterocycles. The zero-order valence-corrected chi connectivity index (χ0v) is 59.8. The standard InChI is InChI=1S/C30H16.2C27H40N3O3.2Fe/c1-2-6-21(5-1)9-11-23-17-25-13-15-27-19-24(12-10-22-7-3-4-8-22)20-28-16-14-26(18-23)29(25)30(27)28;2*1-3-5-7-9-11-17-26(31)29-24-19-23(33-21-22-15-13-14-16-22)20-25(28-24)30-27(32)18-12-10-8-6-4-2;;/h1-8,13-20H;2*13-16,19-20H,3-12,17-18,21H2,1-2H3,(H2,28,29,30,31,32);;/q;;;2*+2. The van der Waals surface area contributed by atoms with E-state index in [2.05, 4.69) is 131 Å². The summed E-state index contributed by atoms with van der Waals surface area (Å²) in [5.74, 6) is 19.8. The Bertz CT molecular complexity index is 3090. The van der Waals surface area contributed by atoms with Gasteiger partial charge in [-0.1, -0.05) is 178 Å². The molecule has 0 unspecified atom stereocenters. The minimum Gasteiger partial charge on any atom is -0.493 e. The molecular weight excluding hydrogens is 1300 g/mol. The topological polar surface area (TPSA) is 161 Å². The zero-order valence-electron chi connectivity index (χ0n) is 57.6. The molecule has 4 fully saturated rings. The molecule has 2 heterocycles. The second-order valence-electron chi connectivity index (χ2n) is 24.7. The van der Waals surface area contributed by atoms with Gasteiger partial charge < -0.3 is 30.7 Å². The molecular formula is C84H96Fe2N6O6+4. The largest absolute Gasteiger partial charge is 2.00 e. The van der Waals surface area contributed by atoms with Gasteiger partial charge in [0.2, 0.25) is 23.6 Å². The van der Waals surface area contributed by atoms with E-state index in [4.69, 9.17) is 9.47 Å². The van der Waals surface area contributed by atoms with E-state index in [1.54, 1.807) is 24.3 Å². The van der Waals surface area contributed by atoms with Crippen molar-refractivity contribution in [3.8, 4) is 35.2 Å². The van der Waals surface area contributed by atoms with Crippen LogP contribution >= 0.6 is 0 Å². The fourth-order valence-electron chi connectivity index (χ4n) is 11.4. The van der Waals surface area contributed by atoms with Gasteiger partial charge in [0.05, 0.1) is 25.0 Å². The fourth-order valence-corrected chi connectivity index (χ4v) is 11.4. The van der Waals surface area contributed by atoms with Crippen LogP contribution in [0.1, 0.15) is 193 Å². The number of anilines is 4. The van der Waals surface area contributed by atoms with Crippen LogP contribution in [0.5, 0.6) is 11.5 Å². The summed E-state index contributed by atoms with van der Waals surface area (Å²) in [4.78, 5) is 58.4. The number of ether oxygens (including phenoxy) is 2. The predicted octanol–water partition coefficient (Wildman–Crippen LogP) is 19.0. The number of carbonyl (C=O) groups excluding carboxylic acids is 4. The van der Waals surface area contributed by atoms with Crippen molar-refractivity contribution in [1.29, 1.82) is 0 Å². The van der Waals surface area contributed by atoms with Gasteiger partial charge in [0.15, 0.2) is 0 Å². The Kier molecular flexibility index (Phi) is 38.2. The van der Waals surface area contributed by atoms with Crippen LogP contribution in [0.3, 0.4) is 0 Å². The minimum absolute atomic E-state index is 0. The molecule has 20 radical (unpaired) electrons. The maximum Gasteiger partial charge on any atom is 2.00 e. The van der Waals surface area contributed by atoms with Crippen LogP contribution in [0, 0.1) is 150 Å². The number of rotatable bonds is 34. The average Bonchev–Trinajstić information content (AvgIpc) is 0.818. The minimum atomic E-state index is -0.0691. The van der Waals surface area contributed by atoms with E-state index in [-0.39, 0.29) is 57.8 Å². The molecule has 4 N–H and O–H groups in total. The normalized spacial score (nSPS) is 14.6. The van der Waals surface area contributed by atoms with Crippen LogP contribution in [-0.2, 0) is 53.3 Å². The van der Waals surface area contributed by atoms with Gasteiger partial charge >= 0.3 is 34.1 Å². The summed E-state index contributed by atoms with van der Waals surface area (Å²) in [6.07, 6.45) is 55.7. The Balaban J connectivity index is 0.000000230. The van der Waals surface area contributed by atoms with Gasteiger partial charge in [-0.2, -0.15) is 0 Å². The summed E-state index contributed by atoms with van der Waals surface area (Å²) in [5, 5.41) is 19.0. The molecule has 0 atom stereocenters. The van der Waals surface area contributed by atoms with Gasteiger partial charge in [0.1, 0.15) is 34.8 Å². The van der Waals surface area contributed by atoms with E-state index in [0.29, 0.717) is 73.7 Å². The molecule has 4 aliphatic carbocycles.